The first kappa shape index (κ1) is 29.8. The normalized spacial score (nSPS) is 20.4. The smallest absolute Gasteiger partial charge is 0.322 e. The van der Waals surface area contributed by atoms with Gasteiger partial charge in [-0.25, -0.2) is 4.79 Å². The fraction of sp³-hybridized carbons (Fsp3) is 0.483. The van der Waals surface area contributed by atoms with Crippen LogP contribution in [0.4, 0.5) is 10.5 Å². The first-order valence-electron chi connectivity index (χ1n) is 13.0. The van der Waals surface area contributed by atoms with E-state index >= 15 is 0 Å². The Morgan fingerprint density at radius 1 is 1.08 bits per heavy atom. The molecule has 3 rings (SSSR count). The zero-order valence-electron chi connectivity index (χ0n) is 22.4. The number of hydrogen-bond acceptors (Lipinski definition) is 3. The number of carbonyl (C=O) groups is 3. The number of urea groups is 1. The van der Waals surface area contributed by atoms with E-state index in [1.165, 1.54) is 0 Å². The summed E-state index contributed by atoms with van der Waals surface area (Å²) in [5.74, 6) is -0.527. The molecule has 0 aromatic heterocycles. The highest BCUT2D eigenvalue weighted by Gasteiger charge is 2.42. The zero-order chi connectivity index (χ0) is 28.0. The van der Waals surface area contributed by atoms with Gasteiger partial charge < -0.3 is 20.6 Å². The van der Waals surface area contributed by atoms with Gasteiger partial charge in [-0.2, -0.15) is 0 Å². The van der Waals surface area contributed by atoms with E-state index < -0.39 is 5.97 Å². The Morgan fingerprint density at radius 3 is 2.29 bits per heavy atom. The van der Waals surface area contributed by atoms with Gasteiger partial charge in [0.1, 0.15) is 0 Å². The van der Waals surface area contributed by atoms with Crippen LogP contribution in [0.3, 0.4) is 0 Å². The minimum atomic E-state index is -0.968. The number of carbonyl (C=O) groups excluding carboxylic acids is 2. The number of aliphatic carboxylic acids is 1. The third kappa shape index (κ3) is 7.87. The summed E-state index contributed by atoms with van der Waals surface area (Å²) in [4.78, 5) is 38.6. The summed E-state index contributed by atoms with van der Waals surface area (Å²) in [5.41, 5.74) is 2.05. The number of benzene rings is 2. The average Bonchev–Trinajstić information content (AvgIpc) is 2.82. The molecule has 0 aliphatic heterocycles. The minimum absolute atomic E-state index is 0.0293. The fourth-order valence-corrected chi connectivity index (χ4v) is 6.16. The molecule has 2 aromatic carbocycles. The van der Waals surface area contributed by atoms with Gasteiger partial charge >= 0.3 is 12.0 Å². The van der Waals surface area contributed by atoms with Crippen LogP contribution >= 0.6 is 23.2 Å². The van der Waals surface area contributed by atoms with Crippen LogP contribution in [0.15, 0.2) is 42.5 Å². The molecule has 0 saturated heterocycles. The molecule has 206 valence electrons. The lowest BCUT2D eigenvalue weighted by Crippen LogP contribution is -2.51. The average molecular weight is 563 g/mol. The summed E-state index contributed by atoms with van der Waals surface area (Å²) in [6, 6.07) is 11.8. The predicted octanol–water partition coefficient (Wildman–Crippen LogP) is 7.08. The van der Waals surface area contributed by atoms with Crippen molar-refractivity contribution in [1.29, 1.82) is 0 Å². The van der Waals surface area contributed by atoms with Crippen molar-refractivity contribution in [1.82, 2.24) is 10.2 Å². The number of nitrogens with one attached hydrogen (secondary N) is 2. The summed E-state index contributed by atoms with van der Waals surface area (Å²) in [7, 11) is 0. The van der Waals surface area contributed by atoms with Gasteiger partial charge in [0.2, 0.25) is 0 Å². The Balaban J connectivity index is 1.83. The third-order valence-electron chi connectivity index (χ3n) is 7.60. The van der Waals surface area contributed by atoms with Crippen molar-refractivity contribution in [3.63, 3.8) is 0 Å². The second-order valence-corrected chi connectivity index (χ2v) is 11.8. The second-order valence-electron chi connectivity index (χ2n) is 10.9. The first-order chi connectivity index (χ1) is 17.9. The minimum Gasteiger partial charge on any atom is -0.481 e. The number of carboxylic acids is 1. The highest BCUT2D eigenvalue weighted by molar-refractivity contribution is 6.35. The molecule has 1 saturated carbocycles. The van der Waals surface area contributed by atoms with E-state index in [9.17, 15) is 14.4 Å². The molecule has 2 aromatic rings. The molecule has 7 nitrogen and oxygen atoms in total. The quantitative estimate of drug-likeness (QED) is 0.304. The van der Waals surface area contributed by atoms with E-state index in [1.807, 2.05) is 17.0 Å². The van der Waals surface area contributed by atoms with Crippen molar-refractivity contribution >= 4 is 46.8 Å². The Kier molecular flexibility index (Phi) is 10.1. The number of rotatable bonds is 9. The van der Waals surface area contributed by atoms with Crippen molar-refractivity contribution in [3.8, 4) is 0 Å². The molecular weight excluding hydrogens is 525 g/mol. The Bertz CT molecular complexity index is 1130. The number of halogens is 2. The van der Waals surface area contributed by atoms with Crippen molar-refractivity contribution < 1.29 is 19.5 Å². The first-order valence-corrected chi connectivity index (χ1v) is 13.8. The Labute approximate surface area is 234 Å². The van der Waals surface area contributed by atoms with E-state index in [4.69, 9.17) is 28.3 Å². The maximum absolute atomic E-state index is 13.7. The molecule has 0 heterocycles. The van der Waals surface area contributed by atoms with Crippen molar-refractivity contribution in [2.45, 2.75) is 66.0 Å². The van der Waals surface area contributed by atoms with Crippen molar-refractivity contribution in [3.05, 3.63) is 63.6 Å². The lowest BCUT2D eigenvalue weighted by atomic mass is 9.62. The second kappa shape index (κ2) is 12.9. The number of anilines is 1. The fourth-order valence-electron chi connectivity index (χ4n) is 5.63. The van der Waals surface area contributed by atoms with E-state index in [1.54, 1.807) is 30.3 Å². The molecule has 0 bridgehead atoms. The molecule has 1 aliphatic rings. The van der Waals surface area contributed by atoms with Gasteiger partial charge in [-0.3, -0.25) is 9.59 Å². The van der Waals surface area contributed by atoms with Crippen LogP contribution in [0, 0.1) is 17.3 Å². The summed E-state index contributed by atoms with van der Waals surface area (Å²) in [6.45, 7) is 9.47. The van der Waals surface area contributed by atoms with Gasteiger partial charge in [0, 0.05) is 40.4 Å². The summed E-state index contributed by atoms with van der Waals surface area (Å²) in [6.07, 6.45) is 2.82. The summed E-state index contributed by atoms with van der Waals surface area (Å²) in [5, 5.41) is 15.2. The Hall–Kier alpha value is -2.77. The zero-order valence-corrected chi connectivity index (χ0v) is 23.9. The standard InChI is InChI=1S/C29H37Cl2N3O4/c1-5-21-12-25(18(2)16-29(21,3)4)34(28(38)33-24-14-22(30)13-23(31)15-24)17-19-6-8-20(9-7-19)27(37)32-11-10-26(35)36/h6-9,13-15,18,21,25H,5,10-12,16-17H2,1-4H3,(H,32,37)(H,33,38)(H,35,36). The number of amides is 3. The summed E-state index contributed by atoms with van der Waals surface area (Å²) >= 11 is 12.3. The van der Waals surface area contributed by atoms with Crippen LogP contribution in [-0.4, -0.2) is 40.5 Å². The predicted molar refractivity (Wildman–Crippen MR) is 152 cm³/mol. The SMILES string of the molecule is CCC1CC(N(Cc2ccc(C(=O)NCCC(=O)O)cc2)C(=O)Nc2cc(Cl)cc(Cl)c2)C(C)CC1(C)C. The molecule has 9 heteroatoms. The lowest BCUT2D eigenvalue weighted by molar-refractivity contribution is -0.136. The van der Waals surface area contributed by atoms with Crippen molar-refractivity contribution in [2.75, 3.05) is 11.9 Å². The molecule has 3 unspecified atom stereocenters. The van der Waals surface area contributed by atoms with Crippen LogP contribution in [0.1, 0.15) is 69.3 Å². The monoisotopic (exact) mass is 561 g/mol. The van der Waals surface area contributed by atoms with E-state index in [0.717, 1.165) is 24.8 Å². The van der Waals surface area contributed by atoms with Gasteiger partial charge in [-0.05, 0) is 66.0 Å². The van der Waals surface area contributed by atoms with Gasteiger partial charge in [-0.15, -0.1) is 0 Å². The van der Waals surface area contributed by atoms with Crippen LogP contribution in [0.5, 0.6) is 0 Å². The topological polar surface area (TPSA) is 98.7 Å². The maximum Gasteiger partial charge on any atom is 0.322 e. The van der Waals surface area contributed by atoms with Crippen LogP contribution in [-0.2, 0) is 11.3 Å². The lowest BCUT2D eigenvalue weighted by Gasteiger charge is -2.49. The maximum atomic E-state index is 13.7. The van der Waals surface area contributed by atoms with Crippen LogP contribution in [0.25, 0.3) is 0 Å². The highest BCUT2D eigenvalue weighted by Crippen LogP contribution is 2.46. The molecule has 3 atom stereocenters. The largest absolute Gasteiger partial charge is 0.481 e. The third-order valence-corrected chi connectivity index (χ3v) is 8.03. The van der Waals surface area contributed by atoms with Crippen LogP contribution in [0.2, 0.25) is 10.0 Å². The molecule has 38 heavy (non-hydrogen) atoms. The molecule has 1 aliphatic carbocycles. The van der Waals surface area contributed by atoms with E-state index in [2.05, 4.69) is 38.3 Å². The summed E-state index contributed by atoms with van der Waals surface area (Å²) < 4.78 is 0. The number of nitrogens with zero attached hydrogens (tertiary/aromatic N) is 1. The van der Waals surface area contributed by atoms with Crippen LogP contribution < -0.4 is 10.6 Å². The van der Waals surface area contributed by atoms with Gasteiger partial charge in [-0.1, -0.05) is 69.5 Å². The highest BCUT2D eigenvalue weighted by atomic mass is 35.5. The molecule has 3 amide bonds. The van der Waals surface area contributed by atoms with E-state index in [-0.39, 0.29) is 36.4 Å². The van der Waals surface area contributed by atoms with Gasteiger partial charge in [0.25, 0.3) is 5.91 Å². The Morgan fingerprint density at radius 2 is 1.71 bits per heavy atom. The number of carboxylic acid groups (broad SMARTS) is 1. The molecule has 3 N–H and O–H groups in total. The van der Waals surface area contributed by atoms with E-state index in [0.29, 0.717) is 39.7 Å². The molecular formula is C29H37Cl2N3O4. The number of hydrogen-bond donors (Lipinski definition) is 3. The van der Waals surface area contributed by atoms with Gasteiger partial charge in [0.05, 0.1) is 6.42 Å². The molecule has 1 fully saturated rings. The van der Waals surface area contributed by atoms with Gasteiger partial charge in [0.15, 0.2) is 0 Å². The molecule has 0 spiro atoms. The molecule has 0 radical (unpaired) electrons. The van der Waals surface area contributed by atoms with Crippen molar-refractivity contribution in [2.24, 2.45) is 17.3 Å².